The molecule has 1 aliphatic rings. The molecule has 0 saturated carbocycles. The molecule has 0 spiro atoms. The Labute approximate surface area is 65.1 Å². The minimum Gasteiger partial charge on any atom is -0.302 e. The molecule has 0 N–H and O–H groups in total. The first-order chi connectivity index (χ1) is 4.74. The van der Waals surface area contributed by atoms with Gasteiger partial charge < -0.3 is 4.90 Å². The molecule has 0 aromatic heterocycles. The monoisotopic (exact) mass is 161 g/mol. The van der Waals surface area contributed by atoms with Gasteiger partial charge in [-0.15, -0.1) is 0 Å². The number of nitrogens with zero attached hydrogens (tertiary/aromatic N) is 1. The molecule has 1 fully saturated rings. The third-order valence-electron chi connectivity index (χ3n) is 2.02. The lowest BCUT2D eigenvalue weighted by molar-refractivity contribution is 0.298. The molecule has 1 heterocycles. The molecule has 0 radical (unpaired) electrons. The SMILES string of the molecule is CCN1CCS(=O)C(C)C1. The van der Waals surface area contributed by atoms with Crippen LogP contribution in [0.25, 0.3) is 0 Å². The molecule has 2 atom stereocenters. The summed E-state index contributed by atoms with van der Waals surface area (Å²) in [5, 5.41) is 0.383. The average Bonchev–Trinajstić information content (AvgIpc) is 1.95. The molecule has 2 unspecified atom stereocenters. The van der Waals surface area contributed by atoms with Crippen LogP contribution in [0.3, 0.4) is 0 Å². The van der Waals surface area contributed by atoms with Gasteiger partial charge in [0.05, 0.1) is 0 Å². The molecule has 0 bridgehead atoms. The van der Waals surface area contributed by atoms with Gasteiger partial charge in [0.15, 0.2) is 0 Å². The molecule has 0 aromatic rings. The summed E-state index contributed by atoms with van der Waals surface area (Å²) in [5.74, 6) is 0.870. The highest BCUT2D eigenvalue weighted by Crippen LogP contribution is 2.06. The van der Waals surface area contributed by atoms with E-state index in [2.05, 4.69) is 18.7 Å². The zero-order chi connectivity index (χ0) is 7.56. The molecular weight excluding hydrogens is 146 g/mol. The first-order valence-corrected chi connectivity index (χ1v) is 5.21. The summed E-state index contributed by atoms with van der Waals surface area (Å²) in [7, 11) is -0.549. The molecule has 60 valence electrons. The topological polar surface area (TPSA) is 20.3 Å². The van der Waals surface area contributed by atoms with Gasteiger partial charge in [-0.3, -0.25) is 4.21 Å². The van der Waals surface area contributed by atoms with Gasteiger partial charge in [0.25, 0.3) is 0 Å². The number of hydrogen-bond donors (Lipinski definition) is 0. The van der Waals surface area contributed by atoms with E-state index in [9.17, 15) is 4.21 Å². The maximum absolute atomic E-state index is 11.1. The van der Waals surface area contributed by atoms with E-state index in [0.717, 1.165) is 25.4 Å². The average molecular weight is 161 g/mol. The maximum atomic E-state index is 11.1. The summed E-state index contributed by atoms with van der Waals surface area (Å²) in [5.41, 5.74) is 0. The third kappa shape index (κ3) is 1.80. The minimum absolute atomic E-state index is 0.383. The van der Waals surface area contributed by atoms with Gasteiger partial charge in [0, 0.05) is 34.9 Å². The van der Waals surface area contributed by atoms with Crippen LogP contribution in [0.15, 0.2) is 0 Å². The highest BCUT2D eigenvalue weighted by molar-refractivity contribution is 7.85. The first-order valence-electron chi connectivity index (χ1n) is 3.83. The largest absolute Gasteiger partial charge is 0.302 e. The smallest absolute Gasteiger partial charge is 0.0447 e. The lowest BCUT2D eigenvalue weighted by atomic mass is 10.4. The van der Waals surface area contributed by atoms with Crippen molar-refractivity contribution in [2.45, 2.75) is 19.1 Å². The normalized spacial score (nSPS) is 36.2. The Balaban J connectivity index is 2.40. The van der Waals surface area contributed by atoms with Crippen LogP contribution < -0.4 is 0 Å². The molecule has 1 saturated heterocycles. The second-order valence-electron chi connectivity index (χ2n) is 2.79. The van der Waals surface area contributed by atoms with E-state index < -0.39 is 10.8 Å². The quantitative estimate of drug-likeness (QED) is 0.557. The van der Waals surface area contributed by atoms with Gasteiger partial charge in [-0.05, 0) is 13.5 Å². The molecule has 3 heteroatoms. The fraction of sp³-hybridized carbons (Fsp3) is 1.00. The zero-order valence-corrected chi connectivity index (χ0v) is 7.49. The van der Waals surface area contributed by atoms with Crippen molar-refractivity contribution in [1.82, 2.24) is 4.90 Å². The molecule has 1 rings (SSSR count). The van der Waals surface area contributed by atoms with Gasteiger partial charge in [-0.1, -0.05) is 6.92 Å². The lowest BCUT2D eigenvalue weighted by Gasteiger charge is -2.28. The summed E-state index contributed by atoms with van der Waals surface area (Å²) < 4.78 is 11.1. The van der Waals surface area contributed by atoms with Crippen molar-refractivity contribution >= 4 is 10.8 Å². The van der Waals surface area contributed by atoms with Crippen LogP contribution in [-0.4, -0.2) is 39.7 Å². The van der Waals surface area contributed by atoms with E-state index in [0.29, 0.717) is 5.25 Å². The van der Waals surface area contributed by atoms with Crippen molar-refractivity contribution in [3.63, 3.8) is 0 Å². The second kappa shape index (κ2) is 3.49. The second-order valence-corrected chi connectivity index (χ2v) is 4.76. The van der Waals surface area contributed by atoms with Crippen LogP contribution in [0.4, 0.5) is 0 Å². The van der Waals surface area contributed by atoms with E-state index >= 15 is 0 Å². The van der Waals surface area contributed by atoms with Gasteiger partial charge in [0.1, 0.15) is 0 Å². The summed E-state index contributed by atoms with van der Waals surface area (Å²) in [4.78, 5) is 2.35. The molecule has 0 aromatic carbocycles. The summed E-state index contributed by atoms with van der Waals surface area (Å²) in [6.45, 7) is 7.36. The van der Waals surface area contributed by atoms with Gasteiger partial charge in [-0.25, -0.2) is 0 Å². The number of hydrogen-bond acceptors (Lipinski definition) is 2. The van der Waals surface area contributed by atoms with Crippen molar-refractivity contribution in [2.75, 3.05) is 25.4 Å². The Bertz CT molecular complexity index is 138. The van der Waals surface area contributed by atoms with Gasteiger partial charge in [-0.2, -0.15) is 0 Å². The molecule has 0 aliphatic carbocycles. The molecule has 0 amide bonds. The standard InChI is InChI=1S/C7H15NOS/c1-3-8-4-5-10(9)7(2)6-8/h7H,3-6H2,1-2H3. The van der Waals surface area contributed by atoms with Crippen molar-refractivity contribution in [2.24, 2.45) is 0 Å². The molecule has 2 nitrogen and oxygen atoms in total. The Morgan fingerprint density at radius 3 is 2.90 bits per heavy atom. The van der Waals surface area contributed by atoms with Crippen molar-refractivity contribution in [1.29, 1.82) is 0 Å². The Morgan fingerprint density at radius 2 is 2.40 bits per heavy atom. The van der Waals surface area contributed by atoms with Crippen LogP contribution in [0.5, 0.6) is 0 Å². The van der Waals surface area contributed by atoms with Crippen molar-refractivity contribution < 1.29 is 4.21 Å². The fourth-order valence-corrected chi connectivity index (χ4v) is 2.46. The first kappa shape index (κ1) is 8.21. The fourth-order valence-electron chi connectivity index (χ4n) is 1.25. The Kier molecular flexibility index (Phi) is 2.86. The third-order valence-corrected chi connectivity index (χ3v) is 3.65. The summed E-state index contributed by atoms with van der Waals surface area (Å²) >= 11 is 0. The Hall–Kier alpha value is 0.110. The molecule has 1 aliphatic heterocycles. The summed E-state index contributed by atoms with van der Waals surface area (Å²) in [6.07, 6.45) is 0. The van der Waals surface area contributed by atoms with Crippen LogP contribution in [-0.2, 0) is 10.8 Å². The van der Waals surface area contributed by atoms with E-state index in [-0.39, 0.29) is 0 Å². The lowest BCUT2D eigenvalue weighted by Crippen LogP contribution is -2.42. The number of rotatable bonds is 1. The highest BCUT2D eigenvalue weighted by atomic mass is 32.2. The van der Waals surface area contributed by atoms with Gasteiger partial charge in [0.2, 0.25) is 0 Å². The van der Waals surface area contributed by atoms with E-state index in [1.807, 2.05) is 0 Å². The predicted octanol–water partition coefficient (Wildman–Crippen LogP) is 0.459. The van der Waals surface area contributed by atoms with Crippen LogP contribution in [0.2, 0.25) is 0 Å². The maximum Gasteiger partial charge on any atom is 0.0447 e. The van der Waals surface area contributed by atoms with Crippen molar-refractivity contribution in [3.05, 3.63) is 0 Å². The van der Waals surface area contributed by atoms with Gasteiger partial charge >= 0.3 is 0 Å². The zero-order valence-electron chi connectivity index (χ0n) is 6.67. The van der Waals surface area contributed by atoms with E-state index in [4.69, 9.17) is 0 Å². The van der Waals surface area contributed by atoms with Crippen LogP contribution >= 0.6 is 0 Å². The van der Waals surface area contributed by atoms with Crippen LogP contribution in [0, 0.1) is 0 Å². The van der Waals surface area contributed by atoms with E-state index in [1.165, 1.54) is 0 Å². The predicted molar refractivity (Wildman–Crippen MR) is 44.6 cm³/mol. The van der Waals surface area contributed by atoms with E-state index in [1.54, 1.807) is 0 Å². The highest BCUT2D eigenvalue weighted by Gasteiger charge is 2.20. The van der Waals surface area contributed by atoms with Crippen molar-refractivity contribution in [3.8, 4) is 0 Å². The summed E-state index contributed by atoms with van der Waals surface area (Å²) in [6, 6.07) is 0. The van der Waals surface area contributed by atoms with Crippen LogP contribution in [0.1, 0.15) is 13.8 Å². The minimum atomic E-state index is -0.549. The Morgan fingerprint density at radius 1 is 1.70 bits per heavy atom. The molecule has 10 heavy (non-hydrogen) atoms. The molecular formula is C7H15NOS.